The van der Waals surface area contributed by atoms with Crippen molar-refractivity contribution in [2.24, 2.45) is 17.6 Å². The van der Waals surface area contributed by atoms with E-state index in [1.165, 1.54) is 12.8 Å². The first-order valence-corrected chi connectivity index (χ1v) is 7.51. The lowest BCUT2D eigenvalue weighted by atomic mass is 9.96. The molecular weight excluding hydrogens is 250 g/mol. The summed E-state index contributed by atoms with van der Waals surface area (Å²) in [6.45, 7) is 6.03. The van der Waals surface area contributed by atoms with Crippen molar-refractivity contribution >= 4 is 16.8 Å². The maximum absolute atomic E-state index is 5.80. The third kappa shape index (κ3) is 2.80. The van der Waals surface area contributed by atoms with Crippen LogP contribution in [0.4, 0.5) is 5.69 Å². The van der Waals surface area contributed by atoms with Gasteiger partial charge in [0.1, 0.15) is 5.52 Å². The molecule has 1 aromatic heterocycles. The fraction of sp³-hybridized carbons (Fsp3) is 0.562. The molecule has 1 aliphatic rings. The lowest BCUT2D eigenvalue weighted by Gasteiger charge is -2.19. The number of nitrogens with zero attached hydrogens (tertiary/aromatic N) is 1. The molecule has 0 spiro atoms. The second-order valence-corrected chi connectivity index (χ2v) is 6.13. The Kier molecular flexibility index (Phi) is 3.66. The van der Waals surface area contributed by atoms with E-state index >= 15 is 0 Å². The summed E-state index contributed by atoms with van der Waals surface area (Å²) in [6.07, 6.45) is 2.43. The zero-order chi connectivity index (χ0) is 14.1. The predicted molar refractivity (Wildman–Crippen MR) is 81.9 cm³/mol. The molecule has 20 heavy (non-hydrogen) atoms. The van der Waals surface area contributed by atoms with Crippen molar-refractivity contribution in [2.45, 2.75) is 32.6 Å². The van der Waals surface area contributed by atoms with Crippen molar-refractivity contribution in [3.8, 4) is 0 Å². The van der Waals surface area contributed by atoms with Crippen LogP contribution in [0.15, 0.2) is 22.6 Å². The normalized spacial score (nSPS) is 16.8. The molecule has 2 aromatic rings. The number of benzene rings is 1. The topological polar surface area (TPSA) is 64.1 Å². The number of aromatic nitrogens is 1. The number of oxazole rings is 1. The molecule has 1 fully saturated rings. The smallest absolute Gasteiger partial charge is 0.198 e. The Morgan fingerprint density at radius 2 is 2.20 bits per heavy atom. The molecule has 0 radical (unpaired) electrons. The molecule has 1 aliphatic carbocycles. The van der Waals surface area contributed by atoms with Crippen LogP contribution in [0.3, 0.4) is 0 Å². The van der Waals surface area contributed by atoms with Gasteiger partial charge in [-0.1, -0.05) is 13.8 Å². The second-order valence-electron chi connectivity index (χ2n) is 6.13. The van der Waals surface area contributed by atoms with Gasteiger partial charge in [0.25, 0.3) is 0 Å². The van der Waals surface area contributed by atoms with Crippen LogP contribution in [0.2, 0.25) is 0 Å². The number of anilines is 1. The molecule has 1 saturated carbocycles. The summed E-state index contributed by atoms with van der Waals surface area (Å²) in [4.78, 5) is 4.59. The predicted octanol–water partition coefficient (Wildman–Crippen LogP) is 3.35. The first kappa shape index (κ1) is 13.4. The van der Waals surface area contributed by atoms with Crippen molar-refractivity contribution < 1.29 is 4.42 Å². The van der Waals surface area contributed by atoms with Crippen molar-refractivity contribution in [3.05, 3.63) is 24.1 Å². The van der Waals surface area contributed by atoms with Gasteiger partial charge in [0.15, 0.2) is 11.5 Å². The van der Waals surface area contributed by atoms with E-state index in [-0.39, 0.29) is 0 Å². The van der Waals surface area contributed by atoms with E-state index in [9.17, 15) is 0 Å². The molecule has 1 aromatic carbocycles. The minimum absolute atomic E-state index is 0.491. The third-order valence-electron chi connectivity index (χ3n) is 4.14. The molecule has 4 heteroatoms. The van der Waals surface area contributed by atoms with Gasteiger partial charge in [0, 0.05) is 18.2 Å². The molecule has 1 unspecified atom stereocenters. The second kappa shape index (κ2) is 5.44. The van der Waals surface area contributed by atoms with Crippen molar-refractivity contribution in [1.82, 2.24) is 4.98 Å². The van der Waals surface area contributed by atoms with Gasteiger partial charge in [-0.3, -0.25) is 0 Å². The maximum Gasteiger partial charge on any atom is 0.198 e. The molecule has 1 heterocycles. The molecular formula is C16H23N3O. The summed E-state index contributed by atoms with van der Waals surface area (Å²) >= 11 is 0. The Morgan fingerprint density at radius 3 is 2.85 bits per heavy atom. The number of nitrogens with one attached hydrogen (secondary N) is 1. The average Bonchev–Trinajstić information content (AvgIpc) is 3.19. The first-order valence-electron chi connectivity index (χ1n) is 7.51. The molecule has 108 valence electrons. The summed E-state index contributed by atoms with van der Waals surface area (Å²) in [6, 6.07) is 6.13. The lowest BCUT2D eigenvalue weighted by molar-refractivity contribution is 0.413. The van der Waals surface area contributed by atoms with Crippen LogP contribution in [0.25, 0.3) is 11.1 Å². The highest BCUT2D eigenvalue weighted by molar-refractivity contribution is 5.77. The Balaban J connectivity index is 1.71. The number of hydrogen-bond donors (Lipinski definition) is 2. The van der Waals surface area contributed by atoms with Crippen molar-refractivity contribution in [3.63, 3.8) is 0 Å². The molecule has 0 aliphatic heterocycles. The molecule has 0 amide bonds. The Hall–Kier alpha value is -1.55. The third-order valence-corrected chi connectivity index (χ3v) is 4.14. The molecule has 1 atom stereocenters. The van der Waals surface area contributed by atoms with Gasteiger partial charge in [-0.2, -0.15) is 0 Å². The van der Waals surface area contributed by atoms with E-state index in [1.54, 1.807) is 0 Å². The van der Waals surface area contributed by atoms with Crippen LogP contribution in [0.5, 0.6) is 0 Å². The number of hydrogen-bond acceptors (Lipinski definition) is 4. The van der Waals surface area contributed by atoms with Crippen LogP contribution in [0.1, 0.15) is 38.5 Å². The number of nitrogens with two attached hydrogens (primary N) is 1. The van der Waals surface area contributed by atoms with Crippen LogP contribution in [0, 0.1) is 11.8 Å². The van der Waals surface area contributed by atoms with Crippen LogP contribution >= 0.6 is 0 Å². The average molecular weight is 273 g/mol. The van der Waals surface area contributed by atoms with Crippen molar-refractivity contribution in [2.75, 3.05) is 18.4 Å². The number of fused-ring (bicyclic) bond motifs is 1. The highest BCUT2D eigenvalue weighted by Crippen LogP contribution is 2.40. The van der Waals surface area contributed by atoms with E-state index in [1.807, 2.05) is 6.07 Å². The van der Waals surface area contributed by atoms with E-state index < -0.39 is 0 Å². The van der Waals surface area contributed by atoms with E-state index in [0.717, 1.165) is 29.2 Å². The van der Waals surface area contributed by atoms with Gasteiger partial charge in [-0.05, 0) is 49.4 Å². The summed E-state index contributed by atoms with van der Waals surface area (Å²) in [5.74, 6) is 2.54. The SMILES string of the molecule is CC(C)C(CN)CNc1ccc2oc(C3CC3)nc2c1. The standard InChI is InChI=1S/C16H23N3O/c1-10(2)12(8-17)9-18-13-5-6-15-14(7-13)19-16(20-15)11-3-4-11/h5-7,10-12,18H,3-4,8-9,17H2,1-2H3. The highest BCUT2D eigenvalue weighted by atomic mass is 16.3. The van der Waals surface area contributed by atoms with E-state index in [0.29, 0.717) is 24.3 Å². The Labute approximate surface area is 119 Å². The highest BCUT2D eigenvalue weighted by Gasteiger charge is 2.28. The van der Waals surface area contributed by atoms with E-state index in [4.69, 9.17) is 10.2 Å². The van der Waals surface area contributed by atoms with Crippen LogP contribution in [-0.2, 0) is 0 Å². The zero-order valence-corrected chi connectivity index (χ0v) is 12.2. The summed E-state index contributed by atoms with van der Waals surface area (Å²) in [7, 11) is 0. The quantitative estimate of drug-likeness (QED) is 0.847. The summed E-state index contributed by atoms with van der Waals surface area (Å²) in [5, 5.41) is 3.46. The van der Waals surface area contributed by atoms with Crippen molar-refractivity contribution in [1.29, 1.82) is 0 Å². The molecule has 3 rings (SSSR count). The van der Waals surface area contributed by atoms with Gasteiger partial charge >= 0.3 is 0 Å². The molecule has 4 nitrogen and oxygen atoms in total. The Bertz CT molecular complexity index is 586. The molecule has 0 saturated heterocycles. The first-order chi connectivity index (χ1) is 9.67. The fourth-order valence-corrected chi connectivity index (χ4v) is 2.40. The van der Waals surface area contributed by atoms with Gasteiger partial charge < -0.3 is 15.5 Å². The van der Waals surface area contributed by atoms with Crippen LogP contribution < -0.4 is 11.1 Å². The largest absolute Gasteiger partial charge is 0.440 e. The summed E-state index contributed by atoms with van der Waals surface area (Å²) in [5.41, 5.74) is 8.73. The number of rotatable bonds is 6. The van der Waals surface area contributed by atoms with Gasteiger partial charge in [0.2, 0.25) is 0 Å². The minimum atomic E-state index is 0.491. The summed E-state index contributed by atoms with van der Waals surface area (Å²) < 4.78 is 5.77. The minimum Gasteiger partial charge on any atom is -0.440 e. The lowest BCUT2D eigenvalue weighted by Crippen LogP contribution is -2.27. The fourth-order valence-electron chi connectivity index (χ4n) is 2.40. The molecule has 0 bridgehead atoms. The monoisotopic (exact) mass is 273 g/mol. The maximum atomic E-state index is 5.80. The Morgan fingerprint density at radius 1 is 1.40 bits per heavy atom. The van der Waals surface area contributed by atoms with Crippen LogP contribution in [-0.4, -0.2) is 18.1 Å². The van der Waals surface area contributed by atoms with Gasteiger partial charge in [-0.25, -0.2) is 4.98 Å². The molecule has 3 N–H and O–H groups in total. The van der Waals surface area contributed by atoms with E-state index in [2.05, 4.69) is 36.3 Å². The zero-order valence-electron chi connectivity index (χ0n) is 12.2. The van der Waals surface area contributed by atoms with Gasteiger partial charge in [-0.15, -0.1) is 0 Å². The van der Waals surface area contributed by atoms with Gasteiger partial charge in [0.05, 0.1) is 0 Å².